The van der Waals surface area contributed by atoms with E-state index in [1.54, 1.807) is 19.9 Å². The number of ether oxygens (including phenoxy) is 2. The Hall–Kier alpha value is -2.43. The van der Waals surface area contributed by atoms with Crippen LogP contribution in [0.25, 0.3) is 0 Å². The number of aliphatic hydroxyl groups is 1. The average molecular weight is 358 g/mol. The number of rotatable bonds is 2. The molecule has 1 aromatic rings. The van der Waals surface area contributed by atoms with Gasteiger partial charge in [0.15, 0.2) is 0 Å². The van der Waals surface area contributed by atoms with Gasteiger partial charge in [-0.15, -0.1) is 0 Å². The van der Waals surface area contributed by atoms with Crippen LogP contribution in [0.15, 0.2) is 18.2 Å². The Balaban J connectivity index is 0.00000196. The molecule has 0 aromatic heterocycles. The van der Waals surface area contributed by atoms with Crippen molar-refractivity contribution in [2.24, 2.45) is 11.8 Å². The number of hydrogen-bond donors (Lipinski definition) is 1. The second-order valence-corrected chi connectivity index (χ2v) is 7.28. The van der Waals surface area contributed by atoms with Crippen molar-refractivity contribution in [1.29, 1.82) is 5.26 Å². The molecule has 7 nitrogen and oxygen atoms in total. The third-order valence-corrected chi connectivity index (χ3v) is 5.86. The highest BCUT2D eigenvalue weighted by atomic mass is 16.6. The Bertz CT molecular complexity index is 847. The van der Waals surface area contributed by atoms with Crippen LogP contribution in [-0.2, 0) is 14.3 Å². The van der Waals surface area contributed by atoms with Gasteiger partial charge in [0, 0.05) is 12.5 Å². The fraction of sp³-hybridized carbons (Fsp3) is 0.526. The van der Waals surface area contributed by atoms with Gasteiger partial charge in [-0.3, -0.25) is 9.59 Å². The van der Waals surface area contributed by atoms with Gasteiger partial charge in [-0.25, -0.2) is 4.90 Å². The molecule has 0 spiro atoms. The number of hydrogen-bond acceptors (Lipinski definition) is 6. The van der Waals surface area contributed by atoms with Crippen LogP contribution in [0.3, 0.4) is 0 Å². The summed E-state index contributed by atoms with van der Waals surface area (Å²) in [5, 5.41) is 19.4. The minimum atomic E-state index is -1.06. The summed E-state index contributed by atoms with van der Waals surface area (Å²) in [5.41, 5.74) is -1.22. The van der Waals surface area contributed by atoms with E-state index in [0.717, 1.165) is 4.90 Å². The van der Waals surface area contributed by atoms with Crippen molar-refractivity contribution >= 4 is 17.5 Å². The zero-order valence-corrected chi connectivity index (χ0v) is 14.1. The maximum absolute atomic E-state index is 13.0. The van der Waals surface area contributed by atoms with Crippen molar-refractivity contribution in [2.75, 3.05) is 12.0 Å². The summed E-state index contributed by atoms with van der Waals surface area (Å²) < 4.78 is 11.1. The zero-order valence-electron chi connectivity index (χ0n) is 14.1. The molecule has 0 saturated carbocycles. The Morgan fingerprint density at radius 2 is 1.96 bits per heavy atom. The minimum Gasteiger partial charge on any atom is -0.495 e. The van der Waals surface area contributed by atoms with Crippen molar-refractivity contribution in [3.8, 4) is 11.8 Å². The van der Waals surface area contributed by atoms with Crippen molar-refractivity contribution in [3.63, 3.8) is 0 Å². The van der Waals surface area contributed by atoms with E-state index < -0.39 is 29.1 Å². The second kappa shape index (κ2) is 5.53. The molecular weight excluding hydrogens is 336 g/mol. The quantitative estimate of drug-likeness (QED) is 0.807. The highest BCUT2D eigenvalue weighted by molar-refractivity contribution is 6.23. The summed E-state index contributed by atoms with van der Waals surface area (Å²) in [6.07, 6.45) is -0.459. The Kier molecular flexibility index (Phi) is 3.91. The highest BCUT2D eigenvalue weighted by Gasteiger charge is 2.75. The molecule has 138 valence electrons. The van der Waals surface area contributed by atoms with Crippen LogP contribution in [-0.4, -0.2) is 41.3 Å². The van der Waals surface area contributed by atoms with Gasteiger partial charge in [0.05, 0.1) is 41.9 Å². The first-order valence-electron chi connectivity index (χ1n) is 8.11. The summed E-state index contributed by atoms with van der Waals surface area (Å²) in [5.74, 6) is -1.74. The first kappa shape index (κ1) is 18.4. The van der Waals surface area contributed by atoms with Gasteiger partial charge in [-0.2, -0.15) is 5.26 Å². The molecule has 3 saturated heterocycles. The molecule has 1 N–H and O–H groups in total. The lowest BCUT2D eigenvalue weighted by Gasteiger charge is -2.31. The van der Waals surface area contributed by atoms with Crippen molar-refractivity contribution in [1.82, 2.24) is 0 Å². The van der Waals surface area contributed by atoms with E-state index in [1.165, 1.54) is 19.2 Å². The van der Waals surface area contributed by atoms with Crippen molar-refractivity contribution in [2.45, 2.75) is 45.0 Å². The van der Waals surface area contributed by atoms with Gasteiger partial charge >= 0.3 is 0 Å². The third kappa shape index (κ3) is 2.00. The lowest BCUT2D eigenvalue weighted by molar-refractivity contribution is -0.132. The first-order chi connectivity index (χ1) is 11.8. The van der Waals surface area contributed by atoms with Crippen LogP contribution >= 0.6 is 0 Å². The molecule has 1 aromatic carbocycles. The fourth-order valence-corrected chi connectivity index (χ4v) is 4.69. The summed E-state index contributed by atoms with van der Waals surface area (Å²) in [6, 6.07) is 6.59. The molecule has 3 aliphatic rings. The van der Waals surface area contributed by atoms with Gasteiger partial charge in [0.25, 0.3) is 0 Å². The number of benzene rings is 1. The number of fused-ring (bicyclic) bond motifs is 5. The van der Waals surface area contributed by atoms with Gasteiger partial charge in [-0.1, -0.05) is 7.43 Å². The summed E-state index contributed by atoms with van der Waals surface area (Å²) in [6.45, 7) is 3.47. The minimum absolute atomic E-state index is 0. The van der Waals surface area contributed by atoms with Crippen molar-refractivity contribution in [3.05, 3.63) is 23.8 Å². The Morgan fingerprint density at radius 1 is 1.31 bits per heavy atom. The number of anilines is 1. The van der Waals surface area contributed by atoms with Gasteiger partial charge in [0.2, 0.25) is 11.8 Å². The molecule has 26 heavy (non-hydrogen) atoms. The smallest absolute Gasteiger partial charge is 0.240 e. The molecule has 2 bridgehead atoms. The Labute approximate surface area is 152 Å². The van der Waals surface area contributed by atoms with E-state index in [-0.39, 0.29) is 19.2 Å². The number of aliphatic hydroxyl groups excluding tert-OH is 1. The number of amides is 2. The van der Waals surface area contributed by atoms with Crippen LogP contribution in [0.1, 0.15) is 33.3 Å². The third-order valence-electron chi connectivity index (χ3n) is 5.86. The molecular formula is C19H22N2O5. The summed E-state index contributed by atoms with van der Waals surface area (Å²) in [4.78, 5) is 27.2. The summed E-state index contributed by atoms with van der Waals surface area (Å²) in [7, 11) is 1.43. The Morgan fingerprint density at radius 3 is 2.58 bits per heavy atom. The van der Waals surface area contributed by atoms with E-state index in [4.69, 9.17) is 14.7 Å². The first-order valence-corrected chi connectivity index (χ1v) is 8.11. The van der Waals surface area contributed by atoms with Gasteiger partial charge in [0.1, 0.15) is 17.4 Å². The van der Waals surface area contributed by atoms with Crippen LogP contribution in [0, 0.1) is 23.2 Å². The van der Waals surface area contributed by atoms with Crippen LogP contribution < -0.4 is 9.64 Å². The van der Waals surface area contributed by atoms with Crippen molar-refractivity contribution < 1.29 is 24.2 Å². The molecule has 0 aliphatic carbocycles. The molecule has 4 rings (SSSR count). The highest BCUT2D eigenvalue weighted by Crippen LogP contribution is 2.61. The fourth-order valence-electron chi connectivity index (χ4n) is 4.69. The molecule has 2 amide bonds. The second-order valence-electron chi connectivity index (χ2n) is 7.28. The number of carbonyl (C=O) groups excluding carboxylic acids is 2. The van der Waals surface area contributed by atoms with E-state index in [9.17, 15) is 14.7 Å². The summed E-state index contributed by atoms with van der Waals surface area (Å²) >= 11 is 0. The maximum atomic E-state index is 13.0. The number of nitriles is 1. The van der Waals surface area contributed by atoms with E-state index in [0.29, 0.717) is 23.4 Å². The largest absolute Gasteiger partial charge is 0.495 e. The molecule has 5 atom stereocenters. The van der Waals surface area contributed by atoms with E-state index in [1.807, 2.05) is 6.07 Å². The normalized spacial score (nSPS) is 37.3. The predicted octanol–water partition coefficient (Wildman–Crippen LogP) is 1.62. The molecule has 7 heteroatoms. The molecule has 0 radical (unpaired) electrons. The predicted molar refractivity (Wildman–Crippen MR) is 92.4 cm³/mol. The SMILES string of the molecule is C.COc1cc(N2C(=O)[C@@H]3[C@H](C2=O)C2(C)O[C@@]3(C)C[C@H]2O)ccc1C#N. The maximum Gasteiger partial charge on any atom is 0.240 e. The standard InChI is InChI=1S/C18H18N2O5.CH4/c1-17-7-12(21)18(2,25-17)14-13(17)15(22)20(16(14)23)10-5-4-9(8-19)11(6-10)24-3;/h4-6,12-14,21H,7H2,1-3H3;1H4/t12-,13+,14-,17+,18?;/m1./s1. The number of methoxy groups -OCH3 is 1. The van der Waals surface area contributed by atoms with Crippen LogP contribution in [0.5, 0.6) is 5.75 Å². The zero-order chi connectivity index (χ0) is 18.1. The lowest BCUT2D eigenvalue weighted by Crippen LogP contribution is -2.49. The molecule has 1 unspecified atom stereocenters. The lowest BCUT2D eigenvalue weighted by atomic mass is 9.67. The number of carbonyl (C=O) groups is 2. The average Bonchev–Trinajstić information content (AvgIpc) is 3.08. The molecule has 3 heterocycles. The molecule has 3 fully saturated rings. The van der Waals surface area contributed by atoms with E-state index in [2.05, 4.69) is 0 Å². The van der Waals surface area contributed by atoms with E-state index >= 15 is 0 Å². The number of imide groups is 1. The number of nitrogens with zero attached hydrogens (tertiary/aromatic N) is 2. The monoisotopic (exact) mass is 358 g/mol. The van der Waals surface area contributed by atoms with Crippen LogP contribution in [0.2, 0.25) is 0 Å². The molecule has 3 aliphatic heterocycles. The topological polar surface area (TPSA) is 99.9 Å². The van der Waals surface area contributed by atoms with Crippen LogP contribution in [0.4, 0.5) is 5.69 Å². The van der Waals surface area contributed by atoms with Gasteiger partial charge in [-0.05, 0) is 26.0 Å². The van der Waals surface area contributed by atoms with Gasteiger partial charge < -0.3 is 14.6 Å².